The van der Waals surface area contributed by atoms with Crippen LogP contribution in [0.4, 0.5) is 0 Å². The molecule has 0 aliphatic carbocycles. The van der Waals surface area contributed by atoms with Crippen molar-refractivity contribution in [1.29, 1.82) is 0 Å². The number of benzene rings is 2. The number of rotatable bonds is 7. The molecule has 3 heterocycles. The number of para-hydroxylation sites is 1. The van der Waals surface area contributed by atoms with Gasteiger partial charge < -0.3 is 24.1 Å². The van der Waals surface area contributed by atoms with Gasteiger partial charge in [0.05, 0.1) is 14.2 Å². The van der Waals surface area contributed by atoms with Crippen LogP contribution < -0.4 is 19.5 Å². The van der Waals surface area contributed by atoms with Gasteiger partial charge in [0.2, 0.25) is 0 Å². The van der Waals surface area contributed by atoms with E-state index in [2.05, 4.69) is 16.0 Å². The number of thiocarbonyl (C=S) groups is 1. The van der Waals surface area contributed by atoms with Crippen LogP contribution in [0.2, 0.25) is 0 Å². The van der Waals surface area contributed by atoms with E-state index in [4.69, 9.17) is 31.5 Å². The van der Waals surface area contributed by atoms with Crippen LogP contribution in [0.3, 0.4) is 0 Å². The molecule has 0 saturated carbocycles. The minimum Gasteiger partial charge on any atom is -0.493 e. The van der Waals surface area contributed by atoms with Crippen molar-refractivity contribution < 1.29 is 14.2 Å². The zero-order chi connectivity index (χ0) is 23.7. The molecule has 5 rings (SSSR count). The van der Waals surface area contributed by atoms with Crippen molar-refractivity contribution in [3.05, 3.63) is 65.6 Å². The van der Waals surface area contributed by atoms with Crippen LogP contribution in [0.1, 0.15) is 29.9 Å². The highest BCUT2D eigenvalue weighted by Gasteiger charge is 2.29. The average molecular weight is 477 g/mol. The Balaban J connectivity index is 1.68. The second-order valence-corrected chi connectivity index (χ2v) is 8.62. The lowest BCUT2D eigenvalue weighted by Crippen LogP contribution is -2.20. The summed E-state index contributed by atoms with van der Waals surface area (Å²) in [6.45, 7) is 1.29. The van der Waals surface area contributed by atoms with Crippen LogP contribution in [0.25, 0.3) is 16.8 Å². The van der Waals surface area contributed by atoms with Gasteiger partial charge in [-0.25, -0.2) is 4.52 Å². The molecule has 0 spiro atoms. The van der Waals surface area contributed by atoms with E-state index in [9.17, 15) is 0 Å². The summed E-state index contributed by atoms with van der Waals surface area (Å²) in [5, 5.41) is 8.17. The van der Waals surface area contributed by atoms with Crippen molar-refractivity contribution in [2.24, 2.45) is 0 Å². The first-order valence-corrected chi connectivity index (χ1v) is 11.8. The van der Waals surface area contributed by atoms with Gasteiger partial charge in [0.1, 0.15) is 28.7 Å². The van der Waals surface area contributed by atoms with Crippen LogP contribution in [0, 0.1) is 0 Å². The minimum absolute atomic E-state index is 0.391. The first kappa shape index (κ1) is 22.3. The summed E-state index contributed by atoms with van der Waals surface area (Å²) in [5.74, 6) is 3.10. The van der Waals surface area contributed by atoms with Crippen LogP contribution >= 0.6 is 12.2 Å². The van der Waals surface area contributed by atoms with E-state index in [1.807, 2.05) is 54.0 Å². The van der Waals surface area contributed by atoms with E-state index < -0.39 is 0 Å². The summed E-state index contributed by atoms with van der Waals surface area (Å²) in [6, 6.07) is 15.8. The summed E-state index contributed by atoms with van der Waals surface area (Å²) in [5.41, 5.74) is 5.34. The molecular weight excluding hydrogens is 448 g/mol. The minimum atomic E-state index is 0.391. The summed E-state index contributed by atoms with van der Waals surface area (Å²) in [7, 11) is 5.15. The van der Waals surface area contributed by atoms with Crippen molar-refractivity contribution in [3.8, 4) is 28.4 Å². The third-order valence-electron chi connectivity index (χ3n) is 6.29. The fourth-order valence-electron chi connectivity index (χ4n) is 4.71. The third kappa shape index (κ3) is 3.77. The Morgan fingerprint density at radius 3 is 2.59 bits per heavy atom. The fraction of sp³-hybridized carbons (Fsp3) is 0.308. The summed E-state index contributed by atoms with van der Waals surface area (Å²) in [4.78, 5) is 0.645. The van der Waals surface area contributed by atoms with Gasteiger partial charge in [-0.3, -0.25) is 0 Å². The van der Waals surface area contributed by atoms with Crippen LogP contribution in [0.5, 0.6) is 17.2 Å². The van der Waals surface area contributed by atoms with Gasteiger partial charge in [0.15, 0.2) is 17.3 Å². The van der Waals surface area contributed by atoms with Gasteiger partial charge in [-0.15, -0.1) is 5.10 Å². The molecule has 0 fully saturated rings. The number of hydrogen-bond donors (Lipinski definition) is 1. The van der Waals surface area contributed by atoms with Crippen molar-refractivity contribution in [3.63, 3.8) is 0 Å². The Hall–Kier alpha value is -3.52. The second-order valence-electron chi connectivity index (χ2n) is 8.21. The van der Waals surface area contributed by atoms with E-state index in [-0.39, 0.29) is 0 Å². The molecule has 0 saturated heterocycles. The van der Waals surface area contributed by atoms with Crippen LogP contribution in [-0.4, -0.2) is 40.4 Å². The monoisotopic (exact) mass is 476 g/mol. The zero-order valence-electron chi connectivity index (χ0n) is 19.6. The summed E-state index contributed by atoms with van der Waals surface area (Å²) < 4.78 is 21.4. The van der Waals surface area contributed by atoms with Crippen molar-refractivity contribution in [1.82, 2.24) is 19.5 Å². The molecule has 176 valence electrons. The maximum atomic E-state index is 6.06. The molecule has 7 nitrogen and oxygen atoms in total. The molecule has 1 aliphatic rings. The van der Waals surface area contributed by atoms with Gasteiger partial charge >= 0.3 is 0 Å². The van der Waals surface area contributed by atoms with Crippen LogP contribution in [-0.2, 0) is 19.6 Å². The highest BCUT2D eigenvalue weighted by atomic mass is 32.1. The average Bonchev–Trinajstić information content (AvgIpc) is 3.28. The lowest BCUT2D eigenvalue weighted by molar-refractivity contribution is 0.288. The zero-order valence-corrected chi connectivity index (χ0v) is 20.4. The number of aromatic nitrogens is 3. The standard InChI is InChI=1S/C26H28N4O3S/c1-27-25(34)24-23(17-12-13-20(31-2)21(15-17)32-3)19-11-7-8-14-29-22(28-30(24)26(19)29)16-33-18-9-5-4-6-10-18/h4-6,9-10,12-13,15H,7-8,11,14,16H2,1-3H3,(H,27,34). The Morgan fingerprint density at radius 1 is 1.06 bits per heavy atom. The van der Waals surface area contributed by atoms with Crippen molar-refractivity contribution in [2.75, 3.05) is 21.3 Å². The topological polar surface area (TPSA) is 62.0 Å². The number of aryl methyl sites for hydroxylation is 2. The Bertz CT molecular complexity index is 1340. The first-order valence-electron chi connectivity index (χ1n) is 11.4. The van der Waals surface area contributed by atoms with Gasteiger partial charge in [0.25, 0.3) is 0 Å². The van der Waals surface area contributed by atoms with Gasteiger partial charge in [0, 0.05) is 24.7 Å². The van der Waals surface area contributed by atoms with Gasteiger partial charge in [-0.1, -0.05) is 36.5 Å². The maximum Gasteiger partial charge on any atom is 0.169 e. The van der Waals surface area contributed by atoms with E-state index >= 15 is 0 Å². The van der Waals surface area contributed by atoms with Crippen molar-refractivity contribution in [2.45, 2.75) is 32.4 Å². The highest BCUT2D eigenvalue weighted by molar-refractivity contribution is 7.80. The van der Waals surface area contributed by atoms with Gasteiger partial charge in [-0.2, -0.15) is 0 Å². The first-order chi connectivity index (χ1) is 16.7. The molecule has 0 atom stereocenters. The molecular formula is C26H28N4O3S. The summed E-state index contributed by atoms with van der Waals surface area (Å²) in [6.07, 6.45) is 3.12. The van der Waals surface area contributed by atoms with E-state index in [0.29, 0.717) is 23.1 Å². The Labute approximate surface area is 204 Å². The smallest absolute Gasteiger partial charge is 0.169 e. The number of ether oxygens (including phenoxy) is 3. The number of hydrogen-bond acceptors (Lipinski definition) is 5. The molecule has 0 unspecified atom stereocenters. The lowest BCUT2D eigenvalue weighted by Gasteiger charge is -2.13. The maximum absolute atomic E-state index is 6.06. The number of methoxy groups -OCH3 is 2. The Kier molecular flexibility index (Phi) is 6.15. The predicted octanol–water partition coefficient (Wildman–Crippen LogP) is 4.63. The Morgan fingerprint density at radius 2 is 1.85 bits per heavy atom. The molecule has 0 amide bonds. The quantitative estimate of drug-likeness (QED) is 0.393. The number of nitrogens with zero attached hydrogens (tertiary/aromatic N) is 3. The molecule has 0 bridgehead atoms. The second kappa shape index (κ2) is 9.38. The van der Waals surface area contributed by atoms with Crippen molar-refractivity contribution >= 4 is 22.9 Å². The van der Waals surface area contributed by atoms with E-state index in [1.54, 1.807) is 14.2 Å². The molecule has 2 aromatic heterocycles. The lowest BCUT2D eigenvalue weighted by atomic mass is 9.97. The molecule has 0 radical (unpaired) electrons. The third-order valence-corrected chi connectivity index (χ3v) is 6.69. The molecule has 2 aromatic carbocycles. The fourth-order valence-corrected chi connectivity index (χ4v) is 4.89. The highest BCUT2D eigenvalue weighted by Crippen LogP contribution is 2.40. The molecule has 1 N–H and O–H groups in total. The van der Waals surface area contributed by atoms with E-state index in [1.165, 1.54) is 5.56 Å². The molecule has 4 aromatic rings. The largest absolute Gasteiger partial charge is 0.493 e. The van der Waals surface area contributed by atoms with Crippen LogP contribution in [0.15, 0.2) is 48.5 Å². The molecule has 1 aliphatic heterocycles. The van der Waals surface area contributed by atoms with Gasteiger partial charge in [-0.05, 0) is 49.1 Å². The molecule has 8 heteroatoms. The summed E-state index contributed by atoms with van der Waals surface area (Å²) >= 11 is 5.79. The number of nitrogens with one attached hydrogen (secondary N) is 1. The van der Waals surface area contributed by atoms with E-state index in [0.717, 1.165) is 59.8 Å². The SMILES string of the molecule is CNC(=S)c1c(-c2ccc(OC)c(OC)c2)c2c3n(c(COc4ccccc4)nn13)CCCC2. The molecule has 34 heavy (non-hydrogen) atoms. The predicted molar refractivity (Wildman–Crippen MR) is 136 cm³/mol. The normalized spacial score (nSPS) is 12.9.